The summed E-state index contributed by atoms with van der Waals surface area (Å²) < 4.78 is 5.45. The van der Waals surface area contributed by atoms with E-state index in [2.05, 4.69) is 21.0 Å². The number of piperazine rings is 1. The predicted molar refractivity (Wildman–Crippen MR) is 114 cm³/mol. The Morgan fingerprint density at radius 1 is 0.964 bits per heavy atom. The second-order valence-electron chi connectivity index (χ2n) is 7.29. The molecule has 2 aromatic carbocycles. The SMILES string of the molecule is Nc1ccccc1N(N)CCCCN1CCN(c2noc3ccccc23)CC1. The van der Waals surface area contributed by atoms with Gasteiger partial charge in [0.25, 0.3) is 0 Å². The zero-order valence-electron chi connectivity index (χ0n) is 16.1. The third kappa shape index (κ3) is 4.05. The number of nitrogens with zero attached hydrogens (tertiary/aromatic N) is 4. The van der Waals surface area contributed by atoms with Crippen LogP contribution in [0, 0.1) is 0 Å². The topological polar surface area (TPSA) is 87.8 Å². The quantitative estimate of drug-likeness (QED) is 0.282. The van der Waals surface area contributed by atoms with Gasteiger partial charge in [-0.3, -0.25) is 4.90 Å². The fourth-order valence-corrected chi connectivity index (χ4v) is 3.77. The van der Waals surface area contributed by atoms with Gasteiger partial charge in [-0.1, -0.05) is 29.4 Å². The molecule has 0 radical (unpaired) electrons. The number of unbranched alkanes of at least 4 members (excludes halogenated alkanes) is 1. The van der Waals surface area contributed by atoms with Gasteiger partial charge in [0.05, 0.1) is 16.8 Å². The van der Waals surface area contributed by atoms with Crippen molar-refractivity contribution in [3.63, 3.8) is 0 Å². The number of anilines is 3. The van der Waals surface area contributed by atoms with Crippen molar-refractivity contribution in [1.82, 2.24) is 10.1 Å². The van der Waals surface area contributed by atoms with Crippen LogP contribution in [0.25, 0.3) is 11.0 Å². The Bertz CT molecular complexity index is 903. The predicted octanol–water partition coefficient (Wildman–Crippen LogP) is 2.69. The van der Waals surface area contributed by atoms with Crippen LogP contribution in [-0.2, 0) is 0 Å². The highest BCUT2D eigenvalue weighted by molar-refractivity contribution is 5.88. The Hall–Kier alpha value is -2.77. The van der Waals surface area contributed by atoms with E-state index in [4.69, 9.17) is 16.1 Å². The van der Waals surface area contributed by atoms with E-state index in [1.165, 1.54) is 0 Å². The summed E-state index contributed by atoms with van der Waals surface area (Å²) in [5, 5.41) is 7.13. The molecule has 0 spiro atoms. The van der Waals surface area contributed by atoms with Crippen molar-refractivity contribution >= 4 is 28.2 Å². The van der Waals surface area contributed by atoms with E-state index in [9.17, 15) is 0 Å². The summed E-state index contributed by atoms with van der Waals surface area (Å²) in [6, 6.07) is 15.8. The Kier molecular flexibility index (Phi) is 5.64. The summed E-state index contributed by atoms with van der Waals surface area (Å²) in [6.45, 7) is 5.92. The molecule has 0 amide bonds. The lowest BCUT2D eigenvalue weighted by Gasteiger charge is -2.34. The smallest absolute Gasteiger partial charge is 0.180 e. The van der Waals surface area contributed by atoms with Gasteiger partial charge in [0.15, 0.2) is 11.4 Å². The number of nitrogens with two attached hydrogens (primary N) is 2. The monoisotopic (exact) mass is 380 g/mol. The van der Waals surface area contributed by atoms with Gasteiger partial charge in [0.2, 0.25) is 0 Å². The minimum Gasteiger partial charge on any atom is -0.397 e. The Morgan fingerprint density at radius 3 is 2.54 bits per heavy atom. The van der Waals surface area contributed by atoms with Crippen molar-refractivity contribution in [1.29, 1.82) is 0 Å². The van der Waals surface area contributed by atoms with Crippen LogP contribution in [0.4, 0.5) is 17.2 Å². The average Bonchev–Trinajstić information content (AvgIpc) is 3.16. The molecule has 1 aromatic heterocycles. The van der Waals surface area contributed by atoms with Crippen molar-refractivity contribution < 1.29 is 4.52 Å². The van der Waals surface area contributed by atoms with Crippen molar-refractivity contribution in [2.45, 2.75) is 12.8 Å². The van der Waals surface area contributed by atoms with Crippen molar-refractivity contribution in [2.75, 3.05) is 54.9 Å². The van der Waals surface area contributed by atoms with Gasteiger partial charge < -0.3 is 20.2 Å². The third-order valence-corrected chi connectivity index (χ3v) is 5.40. The minimum absolute atomic E-state index is 0.724. The highest BCUT2D eigenvalue weighted by Crippen LogP contribution is 2.26. The Balaban J connectivity index is 1.20. The average molecular weight is 380 g/mol. The molecular formula is C21H28N6O. The second-order valence-corrected chi connectivity index (χ2v) is 7.29. The molecule has 0 aliphatic carbocycles. The van der Waals surface area contributed by atoms with Crippen LogP contribution in [0.15, 0.2) is 53.1 Å². The van der Waals surface area contributed by atoms with Crippen LogP contribution >= 0.6 is 0 Å². The van der Waals surface area contributed by atoms with Gasteiger partial charge >= 0.3 is 0 Å². The molecule has 7 nitrogen and oxygen atoms in total. The number of aromatic nitrogens is 1. The van der Waals surface area contributed by atoms with Gasteiger partial charge in [-0.15, -0.1) is 0 Å². The normalized spacial score (nSPS) is 15.2. The maximum atomic E-state index is 6.15. The summed E-state index contributed by atoms with van der Waals surface area (Å²) in [4.78, 5) is 4.83. The van der Waals surface area contributed by atoms with E-state index < -0.39 is 0 Å². The summed E-state index contributed by atoms with van der Waals surface area (Å²) in [5.41, 5.74) is 8.46. The largest absolute Gasteiger partial charge is 0.397 e. The number of hydrogen-bond donors (Lipinski definition) is 2. The van der Waals surface area contributed by atoms with Crippen LogP contribution in [-0.4, -0.2) is 49.3 Å². The highest BCUT2D eigenvalue weighted by atomic mass is 16.5. The first-order valence-corrected chi connectivity index (χ1v) is 9.91. The highest BCUT2D eigenvalue weighted by Gasteiger charge is 2.21. The van der Waals surface area contributed by atoms with Crippen LogP contribution in [0.3, 0.4) is 0 Å². The number of benzene rings is 2. The van der Waals surface area contributed by atoms with E-state index in [0.29, 0.717) is 0 Å². The fraction of sp³-hybridized carbons (Fsp3) is 0.381. The number of rotatable bonds is 7. The van der Waals surface area contributed by atoms with Gasteiger partial charge in [0.1, 0.15) is 0 Å². The first-order valence-electron chi connectivity index (χ1n) is 9.91. The molecule has 3 aromatic rings. The Morgan fingerprint density at radius 2 is 1.71 bits per heavy atom. The lowest BCUT2D eigenvalue weighted by atomic mass is 10.2. The molecule has 1 saturated heterocycles. The number of para-hydroxylation sites is 3. The standard InChI is InChI=1S/C21H28N6O/c22-18-8-2-3-9-19(18)27(23)12-6-5-11-25-13-15-26(16-14-25)21-17-7-1-4-10-20(17)28-24-21/h1-4,7-10H,5-6,11-16,22-23H2. The van der Waals surface area contributed by atoms with Crippen molar-refractivity contribution in [3.05, 3.63) is 48.5 Å². The van der Waals surface area contributed by atoms with E-state index in [-0.39, 0.29) is 0 Å². The zero-order chi connectivity index (χ0) is 19.3. The van der Waals surface area contributed by atoms with Crippen LogP contribution < -0.4 is 21.5 Å². The molecule has 148 valence electrons. The molecule has 1 fully saturated rings. The van der Waals surface area contributed by atoms with Crippen LogP contribution in [0.1, 0.15) is 12.8 Å². The summed E-state index contributed by atoms with van der Waals surface area (Å²) in [7, 11) is 0. The third-order valence-electron chi connectivity index (χ3n) is 5.40. The summed E-state index contributed by atoms with van der Waals surface area (Å²) in [6.07, 6.45) is 2.16. The molecule has 4 rings (SSSR count). The number of hydrogen-bond acceptors (Lipinski definition) is 7. The molecule has 1 aliphatic rings. The first kappa shape index (κ1) is 18.6. The van der Waals surface area contributed by atoms with E-state index in [0.717, 1.165) is 80.3 Å². The van der Waals surface area contributed by atoms with Crippen LogP contribution in [0.5, 0.6) is 0 Å². The van der Waals surface area contributed by atoms with Gasteiger partial charge in [-0.2, -0.15) is 0 Å². The van der Waals surface area contributed by atoms with Gasteiger partial charge in [-0.05, 0) is 43.7 Å². The van der Waals surface area contributed by atoms with E-state index in [1.54, 1.807) is 5.01 Å². The number of fused-ring (bicyclic) bond motifs is 1. The van der Waals surface area contributed by atoms with Crippen molar-refractivity contribution in [3.8, 4) is 0 Å². The molecule has 28 heavy (non-hydrogen) atoms. The van der Waals surface area contributed by atoms with Gasteiger partial charge in [0, 0.05) is 32.7 Å². The number of hydrazine groups is 1. The molecule has 2 heterocycles. The van der Waals surface area contributed by atoms with E-state index >= 15 is 0 Å². The molecule has 0 saturated carbocycles. The zero-order valence-corrected chi connectivity index (χ0v) is 16.1. The maximum Gasteiger partial charge on any atom is 0.180 e. The first-order chi connectivity index (χ1) is 13.7. The fourth-order valence-electron chi connectivity index (χ4n) is 3.77. The lowest BCUT2D eigenvalue weighted by Crippen LogP contribution is -2.47. The molecule has 0 atom stereocenters. The van der Waals surface area contributed by atoms with Gasteiger partial charge in [-0.25, -0.2) is 5.84 Å². The summed E-state index contributed by atoms with van der Waals surface area (Å²) >= 11 is 0. The molecule has 7 heteroatoms. The number of nitrogen functional groups attached to an aromatic ring is 1. The minimum atomic E-state index is 0.724. The lowest BCUT2D eigenvalue weighted by molar-refractivity contribution is 0.252. The van der Waals surface area contributed by atoms with E-state index in [1.807, 2.05) is 42.5 Å². The van der Waals surface area contributed by atoms with Crippen LogP contribution in [0.2, 0.25) is 0 Å². The molecule has 0 unspecified atom stereocenters. The van der Waals surface area contributed by atoms with Crippen molar-refractivity contribution in [2.24, 2.45) is 5.84 Å². The molecular weight excluding hydrogens is 352 g/mol. The maximum absolute atomic E-state index is 6.15. The Labute approximate surface area is 165 Å². The summed E-state index contributed by atoms with van der Waals surface area (Å²) in [5.74, 6) is 7.12. The molecule has 4 N–H and O–H groups in total. The molecule has 1 aliphatic heterocycles. The molecule has 0 bridgehead atoms. The second kappa shape index (κ2) is 8.50.